The van der Waals surface area contributed by atoms with Gasteiger partial charge >= 0.3 is 0 Å². The van der Waals surface area contributed by atoms with Crippen molar-refractivity contribution in [2.24, 2.45) is 5.92 Å². The maximum atomic E-state index is 14.6. The number of anilines is 4. The molecule has 13 heteroatoms. The minimum Gasteiger partial charge on any atom is -0.378 e. The van der Waals surface area contributed by atoms with Gasteiger partial charge in [-0.3, -0.25) is 4.79 Å². The van der Waals surface area contributed by atoms with Gasteiger partial charge in [0.1, 0.15) is 27.6 Å². The number of sulfone groups is 1. The van der Waals surface area contributed by atoms with Crippen LogP contribution in [0, 0.1) is 5.92 Å². The van der Waals surface area contributed by atoms with Crippen molar-refractivity contribution in [3.8, 4) is 0 Å². The number of amides is 1. The predicted molar refractivity (Wildman–Crippen MR) is 169 cm³/mol. The van der Waals surface area contributed by atoms with Crippen LogP contribution in [0.2, 0.25) is 0 Å². The molecule has 0 unspecified atom stereocenters. The highest BCUT2D eigenvalue weighted by Gasteiger charge is 2.34. The highest BCUT2D eigenvalue weighted by molar-refractivity contribution is 7.90. The fourth-order valence-corrected chi connectivity index (χ4v) is 7.75. The highest BCUT2D eigenvalue weighted by atomic mass is 32.2. The van der Waals surface area contributed by atoms with E-state index in [1.54, 1.807) is 12.3 Å². The van der Waals surface area contributed by atoms with E-state index >= 15 is 0 Å². The van der Waals surface area contributed by atoms with Crippen molar-refractivity contribution in [2.45, 2.75) is 37.6 Å². The summed E-state index contributed by atoms with van der Waals surface area (Å²) in [5.74, 6) is 1.69. The zero-order valence-corrected chi connectivity index (χ0v) is 25.8. The number of carbonyl (C=O) groups is 1. The first kappa shape index (κ1) is 30.2. The molecule has 0 radical (unpaired) electrons. The molecule has 0 saturated carbocycles. The van der Waals surface area contributed by atoms with Crippen LogP contribution in [0.25, 0.3) is 10.8 Å². The van der Waals surface area contributed by atoms with Crippen molar-refractivity contribution in [3.63, 3.8) is 0 Å². The molecule has 0 bridgehead atoms. The van der Waals surface area contributed by atoms with Crippen LogP contribution in [-0.2, 0) is 19.4 Å². The largest absolute Gasteiger partial charge is 0.378 e. The molecular formula is C31H38FN7O4S. The Balaban J connectivity index is 1.31. The minimum atomic E-state index is -3.05. The minimum absolute atomic E-state index is 0.0871. The van der Waals surface area contributed by atoms with Gasteiger partial charge in [0.15, 0.2) is 0 Å². The summed E-state index contributed by atoms with van der Waals surface area (Å²) in [4.78, 5) is 32.3. The molecule has 44 heavy (non-hydrogen) atoms. The Morgan fingerprint density at radius 3 is 2.66 bits per heavy atom. The van der Waals surface area contributed by atoms with Crippen LogP contribution in [-0.4, -0.2) is 98.3 Å². The first-order valence-corrected chi connectivity index (χ1v) is 17.0. The van der Waals surface area contributed by atoms with Gasteiger partial charge in [-0.15, -0.1) is 0 Å². The molecule has 1 N–H and O–H groups in total. The number of likely N-dealkylation sites (tertiary alicyclic amines) is 1. The number of methoxy groups -OCH3 is 1. The number of nitrogens with one attached hydrogen (secondary N) is 1. The second kappa shape index (κ2) is 12.3. The van der Waals surface area contributed by atoms with Crippen molar-refractivity contribution in [3.05, 3.63) is 54.9 Å². The Bertz CT molecular complexity index is 1670. The summed E-state index contributed by atoms with van der Waals surface area (Å²) in [5, 5.41) is 5.18. The van der Waals surface area contributed by atoms with Gasteiger partial charge in [0, 0.05) is 68.9 Å². The van der Waals surface area contributed by atoms with Gasteiger partial charge in [0.25, 0.3) is 0 Å². The molecule has 3 aromatic rings. The maximum Gasteiger partial charge on any atom is 0.246 e. The Morgan fingerprint density at radius 2 is 1.93 bits per heavy atom. The number of benzene rings is 1. The number of alkyl halides is 1. The van der Waals surface area contributed by atoms with Gasteiger partial charge in [0.2, 0.25) is 11.9 Å². The first-order chi connectivity index (χ1) is 21.1. The smallest absolute Gasteiger partial charge is 0.246 e. The normalized spacial score (nSPS) is 22.7. The molecule has 1 aromatic carbocycles. The molecule has 3 atom stereocenters. The number of carbonyl (C=O) groups excluding carboxylic acids is 1. The summed E-state index contributed by atoms with van der Waals surface area (Å²) >= 11 is 0. The van der Waals surface area contributed by atoms with E-state index in [0.717, 1.165) is 34.9 Å². The molecule has 0 aliphatic carbocycles. The molecule has 3 fully saturated rings. The molecule has 3 aliphatic heterocycles. The van der Waals surface area contributed by atoms with E-state index < -0.39 is 22.1 Å². The monoisotopic (exact) mass is 623 g/mol. The number of halogens is 1. The lowest BCUT2D eigenvalue weighted by Crippen LogP contribution is -2.49. The molecule has 0 spiro atoms. The van der Waals surface area contributed by atoms with E-state index in [9.17, 15) is 17.6 Å². The second-order valence-corrected chi connectivity index (χ2v) is 14.1. The SMILES string of the molecule is C=CC(=O)N1CCC[C@@H]1c1ccc(N2CC(CS(C)(=O)=O)C2)c2cnc(Nc3ccnc(N4CC[C@@H](OC)[C@@H](F)C4)n3)cc12. The Hall–Kier alpha value is -3.84. The van der Waals surface area contributed by atoms with Gasteiger partial charge in [-0.1, -0.05) is 12.6 Å². The third-order valence-corrected chi connectivity index (χ3v) is 9.86. The van der Waals surface area contributed by atoms with Crippen LogP contribution in [0.1, 0.15) is 30.9 Å². The fourth-order valence-electron chi connectivity index (χ4n) is 6.68. The van der Waals surface area contributed by atoms with Gasteiger partial charge in [-0.2, -0.15) is 4.98 Å². The lowest BCUT2D eigenvalue weighted by atomic mass is 9.94. The van der Waals surface area contributed by atoms with Crippen LogP contribution >= 0.6 is 0 Å². The van der Waals surface area contributed by atoms with Crippen molar-refractivity contribution in [2.75, 3.05) is 67.0 Å². The number of piperidine rings is 1. The molecule has 1 amide bonds. The number of pyridine rings is 1. The van der Waals surface area contributed by atoms with Crippen LogP contribution in [0.4, 0.5) is 27.7 Å². The third kappa shape index (κ3) is 6.20. The van der Waals surface area contributed by atoms with Crippen molar-refractivity contribution >= 4 is 49.8 Å². The number of hydrogen-bond donors (Lipinski definition) is 1. The summed E-state index contributed by atoms with van der Waals surface area (Å²) in [6, 6.07) is 7.74. The summed E-state index contributed by atoms with van der Waals surface area (Å²) < 4.78 is 43.4. The van der Waals surface area contributed by atoms with Gasteiger partial charge < -0.3 is 24.8 Å². The van der Waals surface area contributed by atoms with E-state index in [1.807, 2.05) is 22.1 Å². The average molecular weight is 624 g/mol. The number of ether oxygens (including phenoxy) is 1. The number of fused-ring (bicyclic) bond motifs is 1. The molecular weight excluding hydrogens is 585 g/mol. The third-order valence-electron chi connectivity index (χ3n) is 8.78. The van der Waals surface area contributed by atoms with E-state index in [0.29, 0.717) is 50.2 Å². The standard InChI is InChI=1S/C31H38FN7O4S/c1-4-30(40)39-12-5-6-26(39)21-7-8-25(38-16-20(17-38)19-44(3,41)42)23-15-34-29(14-22(21)23)35-28-9-11-33-31(36-28)37-13-10-27(43-2)24(32)18-37/h4,7-9,11,14-15,20,24,26-27H,1,5-6,10,12-13,16-19H2,2-3H3,(H,33,34,35,36)/t24-,26+,27+/m0/s1. The van der Waals surface area contributed by atoms with Crippen LogP contribution in [0.15, 0.2) is 49.3 Å². The lowest BCUT2D eigenvalue weighted by Gasteiger charge is -2.41. The molecule has 234 valence electrons. The van der Waals surface area contributed by atoms with Gasteiger partial charge in [-0.05, 0) is 54.5 Å². The first-order valence-electron chi connectivity index (χ1n) is 14.9. The summed E-state index contributed by atoms with van der Waals surface area (Å²) in [5.41, 5.74) is 2.00. The molecule has 3 aliphatic rings. The van der Waals surface area contributed by atoms with E-state index in [1.165, 1.54) is 19.4 Å². The molecule has 2 aromatic heterocycles. The maximum absolute atomic E-state index is 14.6. The molecule has 6 rings (SSSR count). The summed E-state index contributed by atoms with van der Waals surface area (Å²) in [6.45, 7) is 6.41. The van der Waals surface area contributed by atoms with Crippen LogP contribution in [0.5, 0.6) is 0 Å². The second-order valence-electron chi connectivity index (χ2n) is 11.9. The van der Waals surface area contributed by atoms with Gasteiger partial charge in [-0.25, -0.2) is 22.8 Å². The van der Waals surface area contributed by atoms with Crippen LogP contribution in [0.3, 0.4) is 0 Å². The number of nitrogens with zero attached hydrogens (tertiary/aromatic N) is 6. The fraction of sp³-hybridized carbons (Fsp3) is 0.484. The zero-order valence-electron chi connectivity index (χ0n) is 25.0. The van der Waals surface area contributed by atoms with E-state index in [-0.39, 0.29) is 30.2 Å². The summed E-state index contributed by atoms with van der Waals surface area (Å²) in [6.07, 6.45) is 6.83. The number of aromatic nitrogens is 3. The van der Waals surface area contributed by atoms with Gasteiger partial charge in [0.05, 0.1) is 24.4 Å². The van der Waals surface area contributed by atoms with E-state index in [2.05, 4.69) is 38.9 Å². The topological polar surface area (TPSA) is 121 Å². The lowest BCUT2D eigenvalue weighted by molar-refractivity contribution is -0.126. The highest BCUT2D eigenvalue weighted by Crippen LogP contribution is 2.41. The summed E-state index contributed by atoms with van der Waals surface area (Å²) in [7, 11) is -1.52. The van der Waals surface area contributed by atoms with Crippen molar-refractivity contribution in [1.29, 1.82) is 0 Å². The van der Waals surface area contributed by atoms with Crippen molar-refractivity contribution in [1.82, 2.24) is 19.9 Å². The molecule has 5 heterocycles. The number of rotatable bonds is 9. The quantitative estimate of drug-likeness (QED) is 0.354. The Morgan fingerprint density at radius 1 is 1.11 bits per heavy atom. The molecule has 3 saturated heterocycles. The average Bonchev–Trinajstić information content (AvgIpc) is 3.47. The van der Waals surface area contributed by atoms with Crippen LogP contribution < -0.4 is 15.1 Å². The number of hydrogen-bond acceptors (Lipinski definition) is 10. The zero-order chi connectivity index (χ0) is 31.0. The Kier molecular flexibility index (Phi) is 8.42. The van der Waals surface area contributed by atoms with E-state index in [4.69, 9.17) is 9.72 Å². The molecule has 11 nitrogen and oxygen atoms in total. The predicted octanol–water partition coefficient (Wildman–Crippen LogP) is 3.66. The van der Waals surface area contributed by atoms with Crippen molar-refractivity contribution < 1.29 is 22.3 Å². The Labute approximate surface area is 257 Å².